The Morgan fingerprint density at radius 2 is 1.91 bits per heavy atom. The minimum absolute atomic E-state index is 0.333. The van der Waals surface area contributed by atoms with E-state index in [0.717, 1.165) is 0 Å². The molecule has 0 aromatic rings. The van der Waals surface area contributed by atoms with Crippen molar-refractivity contribution in [2.45, 2.75) is 37.9 Å². The first kappa shape index (κ1) is 9.00. The summed E-state index contributed by atoms with van der Waals surface area (Å²) in [5, 5.41) is 0. The molecule has 0 aliphatic heterocycles. The molecule has 0 heterocycles. The normalized spacial score (nSPS) is 22.2. The maximum Gasteiger partial charge on any atom is 0.270 e. The molecule has 1 aliphatic rings. The van der Waals surface area contributed by atoms with Gasteiger partial charge >= 0.3 is 0 Å². The van der Waals surface area contributed by atoms with Gasteiger partial charge in [0.15, 0.2) is 0 Å². The second-order valence-corrected chi connectivity index (χ2v) is 5.57. The van der Waals surface area contributed by atoms with Gasteiger partial charge in [-0.2, -0.15) is 8.42 Å². The maximum atomic E-state index is 10.8. The Labute approximate surface area is 67.6 Å². The Balaban J connectivity index is 2.70. The minimum atomic E-state index is -3.79. The van der Waals surface area contributed by atoms with E-state index in [1.54, 1.807) is 0 Å². The Bertz CT molecular complexity index is 236. The standard InChI is InChI=1S/C7H14O3S/c1-6(2)5-7(3-4-7)11(8,9)10/h6H,3-5H2,1-2H3,(H,8,9,10). The van der Waals surface area contributed by atoms with Crippen LogP contribution < -0.4 is 0 Å². The fraction of sp³-hybridized carbons (Fsp3) is 1.00. The van der Waals surface area contributed by atoms with Crippen molar-refractivity contribution in [1.29, 1.82) is 0 Å². The van der Waals surface area contributed by atoms with Crippen LogP contribution in [0.4, 0.5) is 0 Å². The summed E-state index contributed by atoms with van der Waals surface area (Å²) in [6, 6.07) is 0. The average molecular weight is 178 g/mol. The summed E-state index contributed by atoms with van der Waals surface area (Å²) < 4.78 is 29.7. The van der Waals surface area contributed by atoms with Crippen LogP contribution in [0.5, 0.6) is 0 Å². The van der Waals surface area contributed by atoms with Crippen molar-refractivity contribution < 1.29 is 13.0 Å². The third-order valence-electron chi connectivity index (χ3n) is 2.14. The zero-order valence-corrected chi connectivity index (χ0v) is 7.69. The van der Waals surface area contributed by atoms with Crippen LogP contribution in [-0.2, 0) is 10.1 Å². The molecule has 1 saturated carbocycles. The summed E-state index contributed by atoms with van der Waals surface area (Å²) in [6.07, 6.45) is 1.85. The largest absolute Gasteiger partial charge is 0.285 e. The molecule has 0 amide bonds. The third-order valence-corrected chi connectivity index (χ3v) is 3.80. The highest BCUT2D eigenvalue weighted by Crippen LogP contribution is 2.47. The van der Waals surface area contributed by atoms with E-state index in [1.165, 1.54) is 0 Å². The van der Waals surface area contributed by atoms with Gasteiger partial charge < -0.3 is 0 Å². The average Bonchev–Trinajstić information content (AvgIpc) is 2.42. The van der Waals surface area contributed by atoms with E-state index in [-0.39, 0.29) is 0 Å². The van der Waals surface area contributed by atoms with E-state index >= 15 is 0 Å². The van der Waals surface area contributed by atoms with Crippen LogP contribution in [0.15, 0.2) is 0 Å². The number of rotatable bonds is 3. The van der Waals surface area contributed by atoms with Crippen LogP contribution >= 0.6 is 0 Å². The van der Waals surface area contributed by atoms with Crippen LogP contribution in [-0.4, -0.2) is 17.7 Å². The van der Waals surface area contributed by atoms with Crippen LogP contribution in [0.2, 0.25) is 0 Å². The van der Waals surface area contributed by atoms with Gasteiger partial charge in [-0.25, -0.2) is 0 Å². The molecule has 1 aliphatic carbocycles. The Morgan fingerprint density at radius 3 is 2.00 bits per heavy atom. The highest BCUT2D eigenvalue weighted by atomic mass is 32.2. The van der Waals surface area contributed by atoms with Crippen molar-refractivity contribution >= 4 is 10.1 Å². The summed E-state index contributed by atoms with van der Waals surface area (Å²) in [5.41, 5.74) is 0. The maximum absolute atomic E-state index is 10.8. The Morgan fingerprint density at radius 1 is 1.45 bits per heavy atom. The van der Waals surface area contributed by atoms with Crippen molar-refractivity contribution in [3.05, 3.63) is 0 Å². The van der Waals surface area contributed by atoms with Gasteiger partial charge in [0, 0.05) is 0 Å². The van der Waals surface area contributed by atoms with Gasteiger partial charge in [-0.1, -0.05) is 13.8 Å². The van der Waals surface area contributed by atoms with Crippen molar-refractivity contribution in [3.8, 4) is 0 Å². The number of hydrogen-bond acceptors (Lipinski definition) is 2. The molecule has 0 radical (unpaired) electrons. The Kier molecular flexibility index (Phi) is 2.01. The van der Waals surface area contributed by atoms with Gasteiger partial charge in [-0.3, -0.25) is 4.55 Å². The van der Waals surface area contributed by atoms with Crippen LogP contribution in [0.1, 0.15) is 33.1 Å². The summed E-state index contributed by atoms with van der Waals surface area (Å²) in [6.45, 7) is 3.93. The Hall–Kier alpha value is -0.0900. The predicted octanol–water partition coefficient (Wildman–Crippen LogP) is 1.45. The van der Waals surface area contributed by atoms with Crippen molar-refractivity contribution in [2.75, 3.05) is 0 Å². The smallest absolute Gasteiger partial charge is 0.270 e. The zero-order chi connectivity index (χ0) is 8.70. The van der Waals surface area contributed by atoms with E-state index in [4.69, 9.17) is 4.55 Å². The molecule has 0 spiro atoms. The van der Waals surface area contributed by atoms with E-state index in [2.05, 4.69) is 0 Å². The molecular weight excluding hydrogens is 164 g/mol. The van der Waals surface area contributed by atoms with Crippen molar-refractivity contribution in [2.24, 2.45) is 5.92 Å². The summed E-state index contributed by atoms with van der Waals surface area (Å²) >= 11 is 0. The predicted molar refractivity (Wildman–Crippen MR) is 43.0 cm³/mol. The lowest BCUT2D eigenvalue weighted by atomic mass is 10.1. The first-order valence-corrected chi connectivity index (χ1v) is 5.28. The lowest BCUT2D eigenvalue weighted by Crippen LogP contribution is -2.23. The first-order valence-electron chi connectivity index (χ1n) is 3.84. The molecule has 1 fully saturated rings. The van der Waals surface area contributed by atoms with E-state index in [9.17, 15) is 8.42 Å². The van der Waals surface area contributed by atoms with Gasteiger partial charge in [-0.15, -0.1) is 0 Å². The highest BCUT2D eigenvalue weighted by Gasteiger charge is 2.53. The molecule has 0 bridgehead atoms. The molecule has 3 nitrogen and oxygen atoms in total. The minimum Gasteiger partial charge on any atom is -0.285 e. The topological polar surface area (TPSA) is 54.4 Å². The van der Waals surface area contributed by atoms with Crippen molar-refractivity contribution in [1.82, 2.24) is 0 Å². The van der Waals surface area contributed by atoms with E-state index < -0.39 is 14.9 Å². The molecule has 0 saturated heterocycles. The molecule has 0 atom stereocenters. The van der Waals surface area contributed by atoms with Gasteiger partial charge in [-0.05, 0) is 25.2 Å². The fourth-order valence-electron chi connectivity index (χ4n) is 1.45. The SMILES string of the molecule is CC(C)CC1(S(=O)(=O)O)CC1. The second-order valence-electron chi connectivity index (χ2n) is 3.76. The molecule has 11 heavy (non-hydrogen) atoms. The molecule has 1 rings (SSSR count). The zero-order valence-electron chi connectivity index (χ0n) is 6.87. The first-order chi connectivity index (χ1) is 4.87. The summed E-state index contributed by atoms with van der Waals surface area (Å²) in [4.78, 5) is 0. The van der Waals surface area contributed by atoms with Crippen LogP contribution in [0, 0.1) is 5.92 Å². The molecule has 1 N–H and O–H groups in total. The molecule has 4 heteroatoms. The molecule has 0 unspecified atom stereocenters. The summed E-state index contributed by atoms with van der Waals surface area (Å²) in [7, 11) is -3.79. The van der Waals surface area contributed by atoms with Crippen LogP contribution in [0.3, 0.4) is 0 Å². The van der Waals surface area contributed by atoms with Gasteiger partial charge in [0.25, 0.3) is 10.1 Å². The lowest BCUT2D eigenvalue weighted by Gasteiger charge is -2.13. The van der Waals surface area contributed by atoms with Gasteiger partial charge in [0.1, 0.15) is 0 Å². The summed E-state index contributed by atoms with van der Waals surface area (Å²) in [5.74, 6) is 0.333. The molecule has 0 aromatic heterocycles. The molecule has 66 valence electrons. The highest BCUT2D eigenvalue weighted by molar-refractivity contribution is 7.87. The van der Waals surface area contributed by atoms with Crippen molar-refractivity contribution in [3.63, 3.8) is 0 Å². The quantitative estimate of drug-likeness (QED) is 0.665. The lowest BCUT2D eigenvalue weighted by molar-refractivity contribution is 0.440. The molecule has 0 aromatic carbocycles. The fourth-order valence-corrected chi connectivity index (χ4v) is 2.61. The monoisotopic (exact) mass is 178 g/mol. The van der Waals surface area contributed by atoms with E-state index in [0.29, 0.717) is 25.2 Å². The van der Waals surface area contributed by atoms with E-state index in [1.807, 2.05) is 13.8 Å². The van der Waals surface area contributed by atoms with Crippen LogP contribution in [0.25, 0.3) is 0 Å². The number of hydrogen-bond donors (Lipinski definition) is 1. The molecular formula is C7H14O3S. The second kappa shape index (κ2) is 2.45. The van der Waals surface area contributed by atoms with Gasteiger partial charge in [0.2, 0.25) is 0 Å². The third kappa shape index (κ3) is 1.73. The van der Waals surface area contributed by atoms with Gasteiger partial charge in [0.05, 0.1) is 4.75 Å².